The fraction of sp³-hybridized carbons (Fsp3) is 0.533. The normalized spacial score (nSPS) is 18.6. The second kappa shape index (κ2) is 6.57. The third-order valence-corrected chi connectivity index (χ3v) is 3.57. The van der Waals surface area contributed by atoms with Gasteiger partial charge < -0.3 is 15.3 Å². The van der Waals surface area contributed by atoms with Crippen LogP contribution in [0.25, 0.3) is 0 Å². The Morgan fingerprint density at radius 3 is 3.00 bits per heavy atom. The number of carbonyl (C=O) groups excluding carboxylic acids is 1. The fourth-order valence-corrected chi connectivity index (χ4v) is 2.53. The van der Waals surface area contributed by atoms with Gasteiger partial charge >= 0.3 is 0 Å². The van der Waals surface area contributed by atoms with E-state index in [2.05, 4.69) is 12.2 Å². The molecular formula is C15H22N2O2. The molecule has 1 aromatic carbocycles. The van der Waals surface area contributed by atoms with Crippen molar-refractivity contribution < 1.29 is 9.90 Å². The first-order valence-electron chi connectivity index (χ1n) is 7.02. The summed E-state index contributed by atoms with van der Waals surface area (Å²) in [6.07, 6.45) is 2.89. The van der Waals surface area contributed by atoms with E-state index in [1.54, 1.807) is 4.90 Å². The highest BCUT2D eigenvalue weighted by Crippen LogP contribution is 2.23. The smallest absolute Gasteiger partial charge is 0.256 e. The van der Waals surface area contributed by atoms with E-state index in [1.807, 2.05) is 24.3 Å². The third kappa shape index (κ3) is 3.07. The molecule has 0 spiro atoms. The number of nitrogens with zero attached hydrogens (tertiary/aromatic N) is 1. The van der Waals surface area contributed by atoms with Crippen LogP contribution in [0, 0.1) is 0 Å². The van der Waals surface area contributed by atoms with Crippen LogP contribution in [0.4, 0.5) is 5.69 Å². The monoisotopic (exact) mass is 262 g/mol. The molecule has 0 radical (unpaired) electrons. The number of hydrogen-bond acceptors (Lipinski definition) is 3. The fourth-order valence-electron chi connectivity index (χ4n) is 2.53. The SMILES string of the molecule is CCCNc1ccccc1C(=O)N1CCC[C@H]1CO. The van der Waals surface area contributed by atoms with Crippen molar-refractivity contribution in [2.45, 2.75) is 32.2 Å². The molecule has 2 N–H and O–H groups in total. The van der Waals surface area contributed by atoms with Crippen molar-refractivity contribution in [3.63, 3.8) is 0 Å². The molecule has 1 atom stereocenters. The number of amides is 1. The maximum atomic E-state index is 12.6. The van der Waals surface area contributed by atoms with Gasteiger partial charge in [-0.1, -0.05) is 19.1 Å². The predicted octanol–water partition coefficient (Wildman–Crippen LogP) is 2.11. The van der Waals surface area contributed by atoms with E-state index in [9.17, 15) is 9.90 Å². The van der Waals surface area contributed by atoms with Gasteiger partial charge in [-0.15, -0.1) is 0 Å². The van der Waals surface area contributed by atoms with Crippen LogP contribution in [0.3, 0.4) is 0 Å². The van der Waals surface area contributed by atoms with Gasteiger partial charge in [0.25, 0.3) is 5.91 Å². The molecule has 0 bridgehead atoms. The lowest BCUT2D eigenvalue weighted by atomic mass is 10.1. The number of benzene rings is 1. The highest BCUT2D eigenvalue weighted by Gasteiger charge is 2.29. The van der Waals surface area contributed by atoms with Crippen LogP contribution in [0.1, 0.15) is 36.5 Å². The van der Waals surface area contributed by atoms with Crippen molar-refractivity contribution in [3.8, 4) is 0 Å². The molecule has 0 unspecified atom stereocenters. The third-order valence-electron chi connectivity index (χ3n) is 3.57. The quantitative estimate of drug-likeness (QED) is 0.854. The number of aliphatic hydroxyl groups excluding tert-OH is 1. The molecule has 19 heavy (non-hydrogen) atoms. The summed E-state index contributed by atoms with van der Waals surface area (Å²) in [7, 11) is 0. The van der Waals surface area contributed by atoms with Crippen LogP contribution < -0.4 is 5.32 Å². The molecule has 1 heterocycles. The number of hydrogen-bond donors (Lipinski definition) is 2. The largest absolute Gasteiger partial charge is 0.394 e. The van der Waals surface area contributed by atoms with Gasteiger partial charge in [-0.25, -0.2) is 0 Å². The van der Waals surface area contributed by atoms with E-state index in [0.29, 0.717) is 5.56 Å². The molecule has 1 aliphatic rings. The molecule has 0 aromatic heterocycles. The summed E-state index contributed by atoms with van der Waals surface area (Å²) in [5.41, 5.74) is 1.59. The van der Waals surface area contributed by atoms with E-state index < -0.39 is 0 Å². The zero-order valence-corrected chi connectivity index (χ0v) is 11.4. The topological polar surface area (TPSA) is 52.6 Å². The van der Waals surface area contributed by atoms with E-state index in [1.165, 1.54) is 0 Å². The maximum absolute atomic E-state index is 12.6. The van der Waals surface area contributed by atoms with Gasteiger partial charge in [0.1, 0.15) is 0 Å². The second-order valence-corrected chi connectivity index (χ2v) is 4.95. The van der Waals surface area contributed by atoms with E-state index in [-0.39, 0.29) is 18.6 Å². The van der Waals surface area contributed by atoms with Gasteiger partial charge in [-0.05, 0) is 31.4 Å². The summed E-state index contributed by atoms with van der Waals surface area (Å²) < 4.78 is 0. The van der Waals surface area contributed by atoms with Crippen molar-refractivity contribution in [2.24, 2.45) is 0 Å². The number of aliphatic hydroxyl groups is 1. The van der Waals surface area contributed by atoms with E-state index >= 15 is 0 Å². The van der Waals surface area contributed by atoms with Crippen molar-refractivity contribution in [2.75, 3.05) is 25.0 Å². The second-order valence-electron chi connectivity index (χ2n) is 4.95. The first-order valence-corrected chi connectivity index (χ1v) is 7.02. The molecular weight excluding hydrogens is 240 g/mol. The van der Waals surface area contributed by atoms with E-state index in [4.69, 9.17) is 0 Å². The lowest BCUT2D eigenvalue weighted by Crippen LogP contribution is -2.37. The Kier molecular flexibility index (Phi) is 4.80. The number of likely N-dealkylation sites (tertiary alicyclic amines) is 1. The van der Waals surface area contributed by atoms with Crippen molar-refractivity contribution in [1.82, 2.24) is 4.90 Å². The maximum Gasteiger partial charge on any atom is 0.256 e. The van der Waals surface area contributed by atoms with Crippen molar-refractivity contribution >= 4 is 11.6 Å². The molecule has 4 nitrogen and oxygen atoms in total. The Labute approximate surface area is 114 Å². The Bertz CT molecular complexity index is 434. The highest BCUT2D eigenvalue weighted by atomic mass is 16.3. The van der Waals surface area contributed by atoms with Crippen LogP contribution in [-0.4, -0.2) is 41.7 Å². The molecule has 1 aromatic rings. The zero-order chi connectivity index (χ0) is 13.7. The Balaban J connectivity index is 2.18. The lowest BCUT2D eigenvalue weighted by molar-refractivity contribution is 0.0678. The molecule has 0 aliphatic carbocycles. The van der Waals surface area contributed by atoms with Gasteiger partial charge in [0.05, 0.1) is 18.2 Å². The average molecular weight is 262 g/mol. The molecule has 4 heteroatoms. The van der Waals surface area contributed by atoms with Gasteiger partial charge in [0, 0.05) is 18.8 Å². The van der Waals surface area contributed by atoms with Crippen molar-refractivity contribution in [3.05, 3.63) is 29.8 Å². The first-order chi connectivity index (χ1) is 9.27. The predicted molar refractivity (Wildman–Crippen MR) is 76.4 cm³/mol. The molecule has 0 saturated carbocycles. The number of nitrogens with one attached hydrogen (secondary N) is 1. The number of rotatable bonds is 5. The van der Waals surface area contributed by atoms with E-state index in [0.717, 1.165) is 38.0 Å². The lowest BCUT2D eigenvalue weighted by Gasteiger charge is -2.24. The summed E-state index contributed by atoms with van der Waals surface area (Å²) in [5, 5.41) is 12.6. The molecule has 1 aliphatic heterocycles. The van der Waals surface area contributed by atoms with Crippen LogP contribution in [0.5, 0.6) is 0 Å². The van der Waals surface area contributed by atoms with Gasteiger partial charge in [0.15, 0.2) is 0 Å². The molecule has 1 amide bonds. The van der Waals surface area contributed by atoms with Gasteiger partial charge in [-0.2, -0.15) is 0 Å². The Morgan fingerprint density at radius 2 is 2.26 bits per heavy atom. The number of anilines is 1. The van der Waals surface area contributed by atoms with Crippen LogP contribution in [0.2, 0.25) is 0 Å². The van der Waals surface area contributed by atoms with Crippen molar-refractivity contribution in [1.29, 1.82) is 0 Å². The zero-order valence-electron chi connectivity index (χ0n) is 11.4. The Morgan fingerprint density at radius 1 is 1.47 bits per heavy atom. The van der Waals surface area contributed by atoms with Crippen LogP contribution in [0.15, 0.2) is 24.3 Å². The molecule has 1 fully saturated rings. The first kappa shape index (κ1) is 13.9. The summed E-state index contributed by atoms with van der Waals surface area (Å²) in [6.45, 7) is 3.75. The average Bonchev–Trinajstić information content (AvgIpc) is 2.93. The Hall–Kier alpha value is -1.55. The highest BCUT2D eigenvalue weighted by molar-refractivity contribution is 5.99. The molecule has 2 rings (SSSR count). The molecule has 1 saturated heterocycles. The summed E-state index contributed by atoms with van der Waals surface area (Å²) in [5.74, 6) is 0.0238. The van der Waals surface area contributed by atoms with Gasteiger partial charge in [-0.3, -0.25) is 4.79 Å². The number of para-hydroxylation sites is 1. The summed E-state index contributed by atoms with van der Waals surface area (Å²) in [4.78, 5) is 14.4. The minimum Gasteiger partial charge on any atom is -0.394 e. The number of carbonyl (C=O) groups is 1. The van der Waals surface area contributed by atoms with Crippen LogP contribution in [-0.2, 0) is 0 Å². The van der Waals surface area contributed by atoms with Gasteiger partial charge in [0.2, 0.25) is 0 Å². The molecule has 104 valence electrons. The standard InChI is InChI=1S/C15H22N2O2/c1-2-9-16-14-8-4-3-7-13(14)15(19)17-10-5-6-12(17)11-18/h3-4,7-8,12,16,18H,2,5-6,9-11H2,1H3/t12-/m0/s1. The minimum absolute atomic E-state index is 0.0215. The minimum atomic E-state index is -0.0215. The van der Waals surface area contributed by atoms with Crippen LogP contribution >= 0.6 is 0 Å². The summed E-state index contributed by atoms with van der Waals surface area (Å²) >= 11 is 0. The summed E-state index contributed by atoms with van der Waals surface area (Å²) in [6, 6.07) is 7.59.